The minimum atomic E-state index is 0.0307. The van der Waals surface area contributed by atoms with Crippen molar-refractivity contribution in [2.45, 2.75) is 19.4 Å². The standard InChI is InChI=1S/C15H14ClN3O2S2/c1-19(14(20)5-4-11-7-13(16)18-21-11)8-10-9-23-15(17-10)12-3-2-6-22-12/h2-3,6-7,9H,4-5,8H2,1H3. The lowest BCUT2D eigenvalue weighted by molar-refractivity contribution is -0.130. The summed E-state index contributed by atoms with van der Waals surface area (Å²) in [6.07, 6.45) is 0.838. The summed E-state index contributed by atoms with van der Waals surface area (Å²) in [7, 11) is 1.78. The Balaban J connectivity index is 1.54. The maximum Gasteiger partial charge on any atom is 0.223 e. The number of rotatable bonds is 6. The van der Waals surface area contributed by atoms with Gasteiger partial charge in [-0.2, -0.15) is 0 Å². The molecule has 23 heavy (non-hydrogen) atoms. The molecule has 0 bridgehead atoms. The summed E-state index contributed by atoms with van der Waals surface area (Å²) in [5.74, 6) is 0.647. The first-order chi connectivity index (χ1) is 11.1. The van der Waals surface area contributed by atoms with Crippen LogP contribution in [0.5, 0.6) is 0 Å². The zero-order valence-corrected chi connectivity index (χ0v) is 14.7. The molecule has 8 heteroatoms. The van der Waals surface area contributed by atoms with Gasteiger partial charge in [0.05, 0.1) is 17.1 Å². The molecule has 0 unspecified atom stereocenters. The molecule has 0 aliphatic carbocycles. The van der Waals surface area contributed by atoms with Crippen molar-refractivity contribution in [3.05, 3.63) is 45.6 Å². The quantitative estimate of drug-likeness (QED) is 0.658. The van der Waals surface area contributed by atoms with Crippen LogP contribution in [0.1, 0.15) is 17.9 Å². The summed E-state index contributed by atoms with van der Waals surface area (Å²) in [4.78, 5) is 19.6. The fraction of sp³-hybridized carbons (Fsp3) is 0.267. The molecule has 1 amide bonds. The van der Waals surface area contributed by atoms with Gasteiger partial charge in [-0.05, 0) is 11.4 Å². The smallest absolute Gasteiger partial charge is 0.223 e. The van der Waals surface area contributed by atoms with Gasteiger partial charge in [0.25, 0.3) is 0 Å². The Morgan fingerprint density at radius 1 is 1.43 bits per heavy atom. The van der Waals surface area contributed by atoms with Crippen molar-refractivity contribution in [2.75, 3.05) is 7.05 Å². The van der Waals surface area contributed by atoms with Crippen molar-refractivity contribution in [1.29, 1.82) is 0 Å². The Kier molecular flexibility index (Phi) is 5.09. The van der Waals surface area contributed by atoms with Gasteiger partial charge in [0.15, 0.2) is 5.15 Å². The van der Waals surface area contributed by atoms with E-state index in [1.165, 1.54) is 0 Å². The van der Waals surface area contributed by atoms with Crippen LogP contribution >= 0.6 is 34.3 Å². The Labute approximate surface area is 146 Å². The highest BCUT2D eigenvalue weighted by atomic mass is 35.5. The zero-order valence-electron chi connectivity index (χ0n) is 12.4. The van der Waals surface area contributed by atoms with Crippen LogP contribution in [0, 0.1) is 0 Å². The lowest BCUT2D eigenvalue weighted by Gasteiger charge is -2.15. The number of aryl methyl sites for hydroxylation is 1. The highest BCUT2D eigenvalue weighted by Gasteiger charge is 2.13. The highest BCUT2D eigenvalue weighted by Crippen LogP contribution is 2.28. The average Bonchev–Trinajstić information content (AvgIpc) is 3.25. The SMILES string of the molecule is CN(Cc1csc(-c2cccs2)n1)C(=O)CCc1cc(Cl)no1. The van der Waals surface area contributed by atoms with Crippen LogP contribution in [-0.2, 0) is 17.8 Å². The first kappa shape index (κ1) is 16.2. The third-order valence-electron chi connectivity index (χ3n) is 3.22. The number of hydrogen-bond acceptors (Lipinski definition) is 6. The predicted molar refractivity (Wildman–Crippen MR) is 91.7 cm³/mol. The molecule has 3 aromatic heterocycles. The summed E-state index contributed by atoms with van der Waals surface area (Å²) < 4.78 is 5.00. The molecule has 0 saturated heterocycles. The van der Waals surface area contributed by atoms with E-state index >= 15 is 0 Å². The number of carbonyl (C=O) groups excluding carboxylic acids is 1. The van der Waals surface area contributed by atoms with Crippen LogP contribution in [-0.4, -0.2) is 28.0 Å². The number of amides is 1. The molecule has 0 aromatic carbocycles. The first-order valence-corrected chi connectivity index (χ1v) is 9.09. The van der Waals surface area contributed by atoms with Gasteiger partial charge < -0.3 is 9.42 Å². The maximum absolute atomic E-state index is 12.2. The number of nitrogens with zero attached hydrogens (tertiary/aromatic N) is 3. The number of aromatic nitrogens is 2. The molecule has 0 aliphatic rings. The van der Waals surface area contributed by atoms with E-state index in [1.54, 1.807) is 40.7 Å². The Morgan fingerprint density at radius 2 is 2.30 bits per heavy atom. The van der Waals surface area contributed by atoms with Crippen molar-refractivity contribution in [3.63, 3.8) is 0 Å². The topological polar surface area (TPSA) is 59.2 Å². The van der Waals surface area contributed by atoms with Gasteiger partial charge in [0, 0.05) is 31.3 Å². The third kappa shape index (κ3) is 4.19. The minimum absolute atomic E-state index is 0.0307. The molecule has 0 radical (unpaired) electrons. The second-order valence-corrected chi connectivity index (χ2v) is 7.18. The molecule has 3 aromatic rings. The number of thiophene rings is 1. The lowest BCUT2D eigenvalue weighted by atomic mass is 10.2. The van der Waals surface area contributed by atoms with Crippen LogP contribution in [0.2, 0.25) is 5.15 Å². The van der Waals surface area contributed by atoms with Crippen LogP contribution in [0.4, 0.5) is 0 Å². The fourth-order valence-electron chi connectivity index (χ4n) is 2.05. The van der Waals surface area contributed by atoms with Gasteiger partial charge >= 0.3 is 0 Å². The van der Waals surface area contributed by atoms with Gasteiger partial charge in [-0.1, -0.05) is 22.8 Å². The van der Waals surface area contributed by atoms with E-state index < -0.39 is 0 Å². The summed E-state index contributed by atoms with van der Waals surface area (Å²) in [6, 6.07) is 5.68. The Morgan fingerprint density at radius 3 is 3.00 bits per heavy atom. The van der Waals surface area contributed by atoms with Gasteiger partial charge in [0.1, 0.15) is 10.8 Å². The molecular weight excluding hydrogens is 354 g/mol. The number of carbonyl (C=O) groups is 1. The van der Waals surface area contributed by atoms with E-state index in [4.69, 9.17) is 16.1 Å². The monoisotopic (exact) mass is 367 g/mol. The second-order valence-electron chi connectivity index (χ2n) is 4.99. The van der Waals surface area contributed by atoms with Crippen molar-refractivity contribution in [1.82, 2.24) is 15.0 Å². The molecule has 0 fully saturated rings. The zero-order chi connectivity index (χ0) is 16.2. The molecular formula is C15H14ClN3O2S2. The van der Waals surface area contributed by atoms with Crippen molar-refractivity contribution < 1.29 is 9.32 Å². The molecule has 0 spiro atoms. The molecule has 0 saturated carbocycles. The molecule has 0 N–H and O–H groups in total. The second kappa shape index (κ2) is 7.25. The number of hydrogen-bond donors (Lipinski definition) is 0. The van der Waals surface area contributed by atoms with Crippen molar-refractivity contribution in [3.8, 4) is 9.88 Å². The molecule has 3 heterocycles. The third-order valence-corrected chi connectivity index (χ3v) is 5.33. The van der Waals surface area contributed by atoms with Gasteiger partial charge in [-0.3, -0.25) is 4.79 Å². The molecule has 3 rings (SSSR count). The maximum atomic E-state index is 12.2. The van der Waals surface area contributed by atoms with Crippen LogP contribution in [0.15, 0.2) is 33.5 Å². The molecule has 5 nitrogen and oxygen atoms in total. The summed E-state index contributed by atoms with van der Waals surface area (Å²) in [6.45, 7) is 0.498. The van der Waals surface area contributed by atoms with E-state index in [2.05, 4.69) is 10.1 Å². The Hall–Kier alpha value is -1.70. The van der Waals surface area contributed by atoms with E-state index in [1.807, 2.05) is 22.9 Å². The van der Waals surface area contributed by atoms with Gasteiger partial charge in [0.2, 0.25) is 5.91 Å². The largest absolute Gasteiger partial charge is 0.360 e. The van der Waals surface area contributed by atoms with Crippen LogP contribution < -0.4 is 0 Å². The van der Waals surface area contributed by atoms with E-state index in [-0.39, 0.29) is 5.91 Å². The highest BCUT2D eigenvalue weighted by molar-refractivity contribution is 7.20. The number of halogens is 1. The van der Waals surface area contributed by atoms with E-state index in [0.29, 0.717) is 30.3 Å². The summed E-state index contributed by atoms with van der Waals surface area (Å²) in [5.41, 5.74) is 0.900. The predicted octanol–water partition coefficient (Wildman–Crippen LogP) is 4.10. The molecule has 0 atom stereocenters. The van der Waals surface area contributed by atoms with Gasteiger partial charge in [-0.15, -0.1) is 22.7 Å². The van der Waals surface area contributed by atoms with E-state index in [9.17, 15) is 4.79 Å². The summed E-state index contributed by atoms with van der Waals surface area (Å²) >= 11 is 8.94. The van der Waals surface area contributed by atoms with Crippen LogP contribution in [0.3, 0.4) is 0 Å². The average molecular weight is 368 g/mol. The number of thiazole rings is 1. The molecule has 0 aliphatic heterocycles. The lowest BCUT2D eigenvalue weighted by Crippen LogP contribution is -2.26. The first-order valence-electron chi connectivity index (χ1n) is 6.95. The molecule has 120 valence electrons. The Bertz CT molecular complexity index is 782. The van der Waals surface area contributed by atoms with E-state index in [0.717, 1.165) is 15.6 Å². The van der Waals surface area contributed by atoms with Crippen molar-refractivity contribution in [2.24, 2.45) is 0 Å². The van der Waals surface area contributed by atoms with Crippen molar-refractivity contribution >= 4 is 40.2 Å². The summed E-state index contributed by atoms with van der Waals surface area (Å²) in [5, 5.41) is 8.92. The minimum Gasteiger partial charge on any atom is -0.360 e. The van der Waals surface area contributed by atoms with Crippen LogP contribution in [0.25, 0.3) is 9.88 Å². The normalized spacial score (nSPS) is 10.9. The van der Waals surface area contributed by atoms with Gasteiger partial charge in [-0.25, -0.2) is 4.98 Å². The fourth-order valence-corrected chi connectivity index (χ4v) is 3.83.